The van der Waals surface area contributed by atoms with Crippen LogP contribution in [0.4, 0.5) is 0 Å². The van der Waals surface area contributed by atoms with E-state index < -0.39 is 0 Å². The Morgan fingerprint density at radius 1 is 0.926 bits per heavy atom. The maximum absolute atomic E-state index is 13.4. The van der Waals surface area contributed by atoms with E-state index in [1.54, 1.807) is 28.8 Å². The molecule has 0 saturated carbocycles. The molecule has 0 fully saturated rings. The molecule has 0 bridgehead atoms. The number of benzene rings is 3. The van der Waals surface area contributed by atoms with E-state index in [-0.39, 0.29) is 5.56 Å². The molecular formula is C22H16Cl2N2O. The molecule has 0 saturated heterocycles. The summed E-state index contributed by atoms with van der Waals surface area (Å²) in [4.78, 5) is 18.2. The fourth-order valence-corrected chi connectivity index (χ4v) is 3.76. The SMILES string of the molecule is Cc1ccc(-n2c(-c3ccc(Cl)cc3Cl)nc3ccccc3c2=O)c(C)c1. The van der Waals surface area contributed by atoms with Crippen LogP contribution in [-0.4, -0.2) is 9.55 Å². The number of hydrogen-bond acceptors (Lipinski definition) is 2. The number of para-hydroxylation sites is 1. The zero-order valence-electron chi connectivity index (χ0n) is 14.8. The number of aryl methyl sites for hydroxylation is 2. The molecule has 5 heteroatoms. The normalized spacial score (nSPS) is 11.1. The van der Waals surface area contributed by atoms with Crippen molar-refractivity contribution >= 4 is 34.1 Å². The van der Waals surface area contributed by atoms with Crippen molar-refractivity contribution in [2.24, 2.45) is 0 Å². The first-order valence-electron chi connectivity index (χ1n) is 8.50. The fraction of sp³-hybridized carbons (Fsp3) is 0.0909. The summed E-state index contributed by atoms with van der Waals surface area (Å²) in [6, 6.07) is 18.5. The maximum Gasteiger partial charge on any atom is 0.266 e. The summed E-state index contributed by atoms with van der Waals surface area (Å²) < 4.78 is 1.63. The van der Waals surface area contributed by atoms with Gasteiger partial charge in [0.2, 0.25) is 0 Å². The highest BCUT2D eigenvalue weighted by Gasteiger charge is 2.18. The highest BCUT2D eigenvalue weighted by atomic mass is 35.5. The summed E-state index contributed by atoms with van der Waals surface area (Å²) >= 11 is 12.5. The van der Waals surface area contributed by atoms with E-state index in [9.17, 15) is 4.79 Å². The maximum atomic E-state index is 13.4. The van der Waals surface area contributed by atoms with Gasteiger partial charge in [0.05, 0.1) is 21.6 Å². The molecule has 0 atom stereocenters. The highest BCUT2D eigenvalue weighted by Crippen LogP contribution is 2.31. The lowest BCUT2D eigenvalue weighted by atomic mass is 10.1. The molecule has 134 valence electrons. The Balaban J connectivity index is 2.15. The van der Waals surface area contributed by atoms with Gasteiger partial charge in [-0.05, 0) is 55.8 Å². The van der Waals surface area contributed by atoms with Crippen LogP contribution in [0.3, 0.4) is 0 Å². The van der Waals surface area contributed by atoms with Crippen molar-refractivity contribution in [3.63, 3.8) is 0 Å². The van der Waals surface area contributed by atoms with Gasteiger partial charge in [0.1, 0.15) is 5.82 Å². The van der Waals surface area contributed by atoms with E-state index in [1.165, 1.54) is 0 Å². The van der Waals surface area contributed by atoms with E-state index in [0.29, 0.717) is 32.3 Å². The lowest BCUT2D eigenvalue weighted by molar-refractivity contribution is 0.964. The number of halogens is 2. The predicted octanol–water partition coefficient (Wildman–Crippen LogP) is 5.98. The van der Waals surface area contributed by atoms with Gasteiger partial charge in [-0.3, -0.25) is 9.36 Å². The molecule has 0 N–H and O–H groups in total. The van der Waals surface area contributed by atoms with Crippen molar-refractivity contribution in [2.75, 3.05) is 0 Å². The number of aromatic nitrogens is 2. The Hall–Kier alpha value is -2.62. The van der Waals surface area contributed by atoms with Gasteiger partial charge >= 0.3 is 0 Å². The molecule has 0 radical (unpaired) electrons. The molecule has 1 aromatic heterocycles. The fourth-order valence-electron chi connectivity index (χ4n) is 3.26. The topological polar surface area (TPSA) is 34.9 Å². The summed E-state index contributed by atoms with van der Waals surface area (Å²) in [6.45, 7) is 4.01. The monoisotopic (exact) mass is 394 g/mol. The summed E-state index contributed by atoms with van der Waals surface area (Å²) in [5, 5.41) is 1.54. The molecule has 4 rings (SSSR count). The van der Waals surface area contributed by atoms with Crippen molar-refractivity contribution < 1.29 is 0 Å². The van der Waals surface area contributed by atoms with Crippen LogP contribution in [0.1, 0.15) is 11.1 Å². The van der Waals surface area contributed by atoms with Crippen molar-refractivity contribution in [1.29, 1.82) is 0 Å². The van der Waals surface area contributed by atoms with Crippen molar-refractivity contribution in [3.8, 4) is 17.1 Å². The second-order valence-electron chi connectivity index (χ2n) is 6.51. The van der Waals surface area contributed by atoms with Crippen LogP contribution >= 0.6 is 23.2 Å². The molecule has 27 heavy (non-hydrogen) atoms. The van der Waals surface area contributed by atoms with Gasteiger partial charge in [-0.15, -0.1) is 0 Å². The van der Waals surface area contributed by atoms with Crippen LogP contribution in [0.2, 0.25) is 10.0 Å². The average molecular weight is 395 g/mol. The Labute approximate surface area is 166 Å². The Morgan fingerprint density at radius 2 is 1.70 bits per heavy atom. The smallest absolute Gasteiger partial charge is 0.266 e. The first-order chi connectivity index (χ1) is 13.0. The van der Waals surface area contributed by atoms with Crippen LogP contribution in [0, 0.1) is 13.8 Å². The minimum Gasteiger partial charge on any atom is -0.268 e. The zero-order chi connectivity index (χ0) is 19.1. The first-order valence-corrected chi connectivity index (χ1v) is 9.26. The van der Waals surface area contributed by atoms with E-state index in [1.807, 2.05) is 50.2 Å². The number of fused-ring (bicyclic) bond motifs is 1. The third-order valence-corrected chi connectivity index (χ3v) is 5.09. The van der Waals surface area contributed by atoms with Gasteiger partial charge < -0.3 is 0 Å². The van der Waals surface area contributed by atoms with Gasteiger partial charge in [-0.1, -0.05) is 53.0 Å². The van der Waals surface area contributed by atoms with Crippen LogP contribution in [0.5, 0.6) is 0 Å². The highest BCUT2D eigenvalue weighted by molar-refractivity contribution is 6.36. The lowest BCUT2D eigenvalue weighted by Crippen LogP contribution is -2.22. The minimum absolute atomic E-state index is 0.131. The van der Waals surface area contributed by atoms with Gasteiger partial charge in [0.15, 0.2) is 0 Å². The van der Waals surface area contributed by atoms with Crippen molar-refractivity contribution in [1.82, 2.24) is 9.55 Å². The van der Waals surface area contributed by atoms with E-state index in [4.69, 9.17) is 28.2 Å². The minimum atomic E-state index is -0.131. The Morgan fingerprint density at radius 3 is 2.44 bits per heavy atom. The van der Waals surface area contributed by atoms with Gasteiger partial charge in [-0.25, -0.2) is 4.98 Å². The van der Waals surface area contributed by atoms with Gasteiger partial charge in [-0.2, -0.15) is 0 Å². The van der Waals surface area contributed by atoms with Crippen LogP contribution < -0.4 is 5.56 Å². The Kier molecular flexibility index (Phi) is 4.50. The lowest BCUT2D eigenvalue weighted by Gasteiger charge is -2.17. The summed E-state index contributed by atoms with van der Waals surface area (Å²) in [5.41, 5.74) is 4.05. The molecule has 0 unspecified atom stereocenters. The van der Waals surface area contributed by atoms with E-state index >= 15 is 0 Å². The van der Waals surface area contributed by atoms with Crippen molar-refractivity contribution in [2.45, 2.75) is 13.8 Å². The van der Waals surface area contributed by atoms with Crippen LogP contribution in [-0.2, 0) is 0 Å². The molecule has 0 aliphatic carbocycles. The third-order valence-electron chi connectivity index (χ3n) is 4.54. The van der Waals surface area contributed by atoms with Gasteiger partial charge in [0, 0.05) is 10.6 Å². The molecule has 1 heterocycles. The summed E-state index contributed by atoms with van der Waals surface area (Å²) in [5.74, 6) is 0.493. The Bertz CT molecular complexity index is 1240. The summed E-state index contributed by atoms with van der Waals surface area (Å²) in [7, 11) is 0. The van der Waals surface area contributed by atoms with E-state index in [0.717, 1.165) is 16.8 Å². The van der Waals surface area contributed by atoms with Crippen LogP contribution in [0.15, 0.2) is 65.5 Å². The number of hydrogen-bond donors (Lipinski definition) is 0. The average Bonchev–Trinajstić information content (AvgIpc) is 2.63. The predicted molar refractivity (Wildman–Crippen MR) is 112 cm³/mol. The van der Waals surface area contributed by atoms with Crippen molar-refractivity contribution in [3.05, 3.63) is 92.2 Å². The second kappa shape index (κ2) is 6.84. The molecule has 0 aliphatic rings. The van der Waals surface area contributed by atoms with Crippen LogP contribution in [0.25, 0.3) is 28.0 Å². The molecule has 3 nitrogen and oxygen atoms in total. The first kappa shape index (κ1) is 17.8. The zero-order valence-corrected chi connectivity index (χ0v) is 16.3. The molecular weight excluding hydrogens is 379 g/mol. The number of nitrogens with zero attached hydrogens (tertiary/aromatic N) is 2. The summed E-state index contributed by atoms with van der Waals surface area (Å²) in [6.07, 6.45) is 0. The largest absolute Gasteiger partial charge is 0.268 e. The second-order valence-corrected chi connectivity index (χ2v) is 7.35. The standard InChI is InChI=1S/C22H16Cl2N2O/c1-13-7-10-20(14(2)11-13)26-21(16-9-8-15(23)12-18(16)24)25-19-6-4-3-5-17(19)22(26)27/h3-12H,1-2H3. The molecule has 3 aromatic carbocycles. The molecule has 0 spiro atoms. The third kappa shape index (κ3) is 3.14. The quantitative estimate of drug-likeness (QED) is 0.419. The molecule has 4 aromatic rings. The van der Waals surface area contributed by atoms with E-state index in [2.05, 4.69) is 0 Å². The molecule has 0 aliphatic heterocycles. The van der Waals surface area contributed by atoms with Gasteiger partial charge in [0.25, 0.3) is 5.56 Å². The molecule has 0 amide bonds. The number of rotatable bonds is 2.